The van der Waals surface area contributed by atoms with Crippen molar-refractivity contribution in [1.29, 1.82) is 0 Å². The van der Waals surface area contributed by atoms with Crippen molar-refractivity contribution in [3.8, 4) is 5.69 Å². The van der Waals surface area contributed by atoms with Gasteiger partial charge in [0.25, 0.3) is 0 Å². The molecule has 0 aliphatic carbocycles. The average Bonchev–Trinajstić information content (AvgIpc) is 2.94. The fraction of sp³-hybridized carbons (Fsp3) is 0.500. The predicted octanol–water partition coefficient (Wildman–Crippen LogP) is 3.23. The fourth-order valence-electron chi connectivity index (χ4n) is 3.06. The summed E-state index contributed by atoms with van der Waals surface area (Å²) in [5, 5.41) is 9.21. The van der Waals surface area contributed by atoms with Crippen molar-refractivity contribution in [2.75, 3.05) is 18.8 Å². The van der Waals surface area contributed by atoms with E-state index >= 15 is 0 Å². The number of thioether (sulfide) groups is 1. The number of carbonyl (C=O) groups excluding carboxylic acids is 1. The Labute approximate surface area is 147 Å². The lowest BCUT2D eigenvalue weighted by atomic mass is 10.0. The van der Waals surface area contributed by atoms with E-state index < -0.39 is 0 Å². The van der Waals surface area contributed by atoms with E-state index in [9.17, 15) is 4.79 Å². The van der Waals surface area contributed by atoms with Crippen LogP contribution in [0.1, 0.15) is 31.2 Å². The van der Waals surface area contributed by atoms with Gasteiger partial charge in [0, 0.05) is 18.8 Å². The molecule has 1 aliphatic heterocycles. The molecule has 1 fully saturated rings. The Balaban J connectivity index is 1.70. The quantitative estimate of drug-likeness (QED) is 0.799. The Kier molecular flexibility index (Phi) is 5.23. The van der Waals surface area contributed by atoms with Crippen molar-refractivity contribution < 1.29 is 4.79 Å². The predicted molar refractivity (Wildman–Crippen MR) is 96.5 cm³/mol. The zero-order valence-corrected chi connectivity index (χ0v) is 15.3. The standard InChI is InChI=1S/C18H24N4OS/c1-13-6-8-16(9-7-13)22-15(3)19-20-18(22)24-12-17(23)21-10-4-5-14(2)11-21/h6-9,14H,4-5,10-12H2,1-3H3/t14-/m0/s1. The van der Waals surface area contributed by atoms with Gasteiger partial charge < -0.3 is 4.90 Å². The van der Waals surface area contributed by atoms with Crippen molar-refractivity contribution in [2.24, 2.45) is 5.92 Å². The minimum absolute atomic E-state index is 0.197. The number of likely N-dealkylation sites (tertiary alicyclic amines) is 1. The summed E-state index contributed by atoms with van der Waals surface area (Å²) in [6.07, 6.45) is 2.33. The first-order valence-corrected chi connectivity index (χ1v) is 9.43. The number of aromatic nitrogens is 3. The first-order valence-electron chi connectivity index (χ1n) is 8.44. The van der Waals surface area contributed by atoms with Crippen LogP contribution in [0.5, 0.6) is 0 Å². The lowest BCUT2D eigenvalue weighted by Crippen LogP contribution is -2.40. The summed E-state index contributed by atoms with van der Waals surface area (Å²) in [5.41, 5.74) is 2.25. The van der Waals surface area contributed by atoms with Gasteiger partial charge in [0.1, 0.15) is 5.82 Å². The van der Waals surface area contributed by atoms with E-state index in [0.717, 1.165) is 36.2 Å². The van der Waals surface area contributed by atoms with E-state index in [1.807, 2.05) is 16.4 Å². The monoisotopic (exact) mass is 344 g/mol. The lowest BCUT2D eigenvalue weighted by molar-refractivity contribution is -0.130. The Bertz CT molecular complexity index is 710. The van der Waals surface area contributed by atoms with E-state index in [1.54, 1.807) is 0 Å². The second-order valence-electron chi connectivity index (χ2n) is 6.58. The van der Waals surface area contributed by atoms with Gasteiger partial charge in [-0.2, -0.15) is 0 Å². The molecule has 1 aromatic heterocycles. The third-order valence-electron chi connectivity index (χ3n) is 4.42. The van der Waals surface area contributed by atoms with E-state index in [4.69, 9.17) is 0 Å². The van der Waals surface area contributed by atoms with Crippen LogP contribution in [0.2, 0.25) is 0 Å². The van der Waals surface area contributed by atoms with Crippen LogP contribution >= 0.6 is 11.8 Å². The lowest BCUT2D eigenvalue weighted by Gasteiger charge is -2.30. The molecule has 1 amide bonds. The first kappa shape index (κ1) is 17.0. The maximum Gasteiger partial charge on any atom is 0.233 e. The molecule has 1 atom stereocenters. The molecule has 3 rings (SSSR count). The third-order valence-corrected chi connectivity index (χ3v) is 5.34. The first-order chi connectivity index (χ1) is 11.5. The molecule has 0 unspecified atom stereocenters. The number of nitrogens with zero attached hydrogens (tertiary/aromatic N) is 4. The van der Waals surface area contributed by atoms with Gasteiger partial charge in [0.2, 0.25) is 5.91 Å². The smallest absolute Gasteiger partial charge is 0.233 e. The number of aryl methyl sites for hydroxylation is 2. The number of rotatable bonds is 4. The van der Waals surface area contributed by atoms with E-state index in [2.05, 4.69) is 48.3 Å². The molecule has 0 bridgehead atoms. The van der Waals surface area contributed by atoms with Crippen molar-refractivity contribution in [3.05, 3.63) is 35.7 Å². The van der Waals surface area contributed by atoms with Crippen LogP contribution in [0.25, 0.3) is 5.69 Å². The zero-order chi connectivity index (χ0) is 17.1. The summed E-state index contributed by atoms with van der Waals surface area (Å²) in [7, 11) is 0. The van der Waals surface area contributed by atoms with Crippen molar-refractivity contribution in [2.45, 2.75) is 38.8 Å². The second kappa shape index (κ2) is 7.38. The Hall–Kier alpha value is -1.82. The SMILES string of the molecule is Cc1ccc(-n2c(C)nnc2SCC(=O)N2CCC[C@H](C)C2)cc1. The van der Waals surface area contributed by atoms with Gasteiger partial charge in [-0.25, -0.2) is 0 Å². The molecular weight excluding hydrogens is 320 g/mol. The van der Waals surface area contributed by atoms with Gasteiger partial charge in [-0.05, 0) is 44.7 Å². The summed E-state index contributed by atoms with van der Waals surface area (Å²) in [6.45, 7) is 7.97. The number of carbonyl (C=O) groups is 1. The molecule has 2 aromatic rings. The highest BCUT2D eigenvalue weighted by Crippen LogP contribution is 2.23. The topological polar surface area (TPSA) is 51.0 Å². The maximum absolute atomic E-state index is 12.5. The molecule has 24 heavy (non-hydrogen) atoms. The fourth-order valence-corrected chi connectivity index (χ4v) is 3.96. The van der Waals surface area contributed by atoms with Crippen LogP contribution in [0.3, 0.4) is 0 Å². The van der Waals surface area contributed by atoms with Gasteiger partial charge in [-0.3, -0.25) is 9.36 Å². The van der Waals surface area contributed by atoms with Crippen LogP contribution in [0, 0.1) is 19.8 Å². The number of piperidine rings is 1. The summed E-state index contributed by atoms with van der Waals surface area (Å²) in [4.78, 5) is 14.5. The molecule has 6 heteroatoms. The molecule has 2 heterocycles. The maximum atomic E-state index is 12.5. The molecule has 1 aliphatic rings. The second-order valence-corrected chi connectivity index (χ2v) is 7.52. The van der Waals surface area contributed by atoms with Crippen LogP contribution in [0.4, 0.5) is 0 Å². The molecule has 1 saturated heterocycles. The summed E-state index contributed by atoms with van der Waals surface area (Å²) < 4.78 is 2.01. The molecule has 0 saturated carbocycles. The molecule has 0 N–H and O–H groups in total. The highest BCUT2D eigenvalue weighted by molar-refractivity contribution is 7.99. The van der Waals surface area contributed by atoms with Crippen molar-refractivity contribution >= 4 is 17.7 Å². The highest BCUT2D eigenvalue weighted by atomic mass is 32.2. The summed E-state index contributed by atoms with van der Waals surface area (Å²) >= 11 is 1.47. The minimum Gasteiger partial charge on any atom is -0.342 e. The molecule has 0 spiro atoms. The van der Waals surface area contributed by atoms with E-state index in [1.165, 1.54) is 23.7 Å². The van der Waals surface area contributed by atoms with Crippen LogP contribution in [0.15, 0.2) is 29.4 Å². The van der Waals surface area contributed by atoms with Gasteiger partial charge >= 0.3 is 0 Å². The van der Waals surface area contributed by atoms with Crippen LogP contribution in [-0.4, -0.2) is 44.4 Å². The van der Waals surface area contributed by atoms with Crippen LogP contribution in [-0.2, 0) is 4.79 Å². The van der Waals surface area contributed by atoms with E-state index in [-0.39, 0.29) is 5.91 Å². The minimum atomic E-state index is 0.197. The van der Waals surface area contributed by atoms with Crippen molar-refractivity contribution in [1.82, 2.24) is 19.7 Å². The summed E-state index contributed by atoms with van der Waals surface area (Å²) in [6, 6.07) is 8.26. The number of hydrogen-bond donors (Lipinski definition) is 0. The van der Waals surface area contributed by atoms with Gasteiger partial charge in [0.15, 0.2) is 5.16 Å². The zero-order valence-electron chi connectivity index (χ0n) is 14.5. The van der Waals surface area contributed by atoms with Crippen LogP contribution < -0.4 is 0 Å². The molecule has 128 valence electrons. The number of amides is 1. The molecule has 1 aromatic carbocycles. The average molecular weight is 344 g/mol. The largest absolute Gasteiger partial charge is 0.342 e. The third kappa shape index (κ3) is 3.80. The Morgan fingerprint density at radius 1 is 1.25 bits per heavy atom. The number of benzene rings is 1. The Morgan fingerprint density at radius 2 is 2.00 bits per heavy atom. The van der Waals surface area contributed by atoms with Gasteiger partial charge in [-0.1, -0.05) is 36.4 Å². The molecule has 0 radical (unpaired) electrons. The van der Waals surface area contributed by atoms with E-state index in [0.29, 0.717) is 11.7 Å². The van der Waals surface area contributed by atoms with Crippen molar-refractivity contribution in [3.63, 3.8) is 0 Å². The highest BCUT2D eigenvalue weighted by Gasteiger charge is 2.22. The summed E-state index contributed by atoms with van der Waals surface area (Å²) in [5.74, 6) is 2.05. The molecule has 5 nitrogen and oxygen atoms in total. The number of hydrogen-bond acceptors (Lipinski definition) is 4. The molecular formula is C18H24N4OS. The van der Waals surface area contributed by atoms with Gasteiger partial charge in [0.05, 0.1) is 5.75 Å². The normalized spacial score (nSPS) is 18.0. The van der Waals surface area contributed by atoms with Gasteiger partial charge in [-0.15, -0.1) is 10.2 Å². The Morgan fingerprint density at radius 3 is 2.71 bits per heavy atom.